The molecule has 106 valence electrons. The number of amides is 1. The third kappa shape index (κ3) is 5.72. The average Bonchev–Trinajstić information content (AvgIpc) is 2.41. The number of carbonyl (C=O) groups is 1. The van der Waals surface area contributed by atoms with Crippen LogP contribution in [0, 0.1) is 6.92 Å². The number of hydrogen-bond donors (Lipinski definition) is 1. The molecule has 0 spiro atoms. The van der Waals surface area contributed by atoms with E-state index in [1.807, 2.05) is 31.2 Å². The molecule has 0 atom stereocenters. The van der Waals surface area contributed by atoms with Crippen LogP contribution in [0.15, 0.2) is 24.3 Å². The van der Waals surface area contributed by atoms with Gasteiger partial charge in [-0.1, -0.05) is 12.1 Å². The molecule has 0 bridgehead atoms. The minimum atomic E-state index is -0.160. The summed E-state index contributed by atoms with van der Waals surface area (Å²) in [7, 11) is 1.57. The van der Waals surface area contributed by atoms with E-state index in [0.29, 0.717) is 25.4 Å². The number of aliphatic hydroxyl groups excluding tert-OH is 1. The molecular weight excluding hydrogens is 246 g/mol. The maximum atomic E-state index is 11.9. The molecule has 19 heavy (non-hydrogen) atoms. The van der Waals surface area contributed by atoms with Gasteiger partial charge in [0.1, 0.15) is 5.75 Å². The summed E-state index contributed by atoms with van der Waals surface area (Å²) in [6.07, 6.45) is 0. The topological polar surface area (TPSA) is 59.0 Å². The van der Waals surface area contributed by atoms with E-state index >= 15 is 0 Å². The van der Waals surface area contributed by atoms with Crippen LogP contribution in [0.2, 0.25) is 0 Å². The first-order chi connectivity index (χ1) is 9.17. The number of benzene rings is 1. The van der Waals surface area contributed by atoms with Crippen molar-refractivity contribution in [2.24, 2.45) is 0 Å². The van der Waals surface area contributed by atoms with Crippen LogP contribution in [0.25, 0.3) is 0 Å². The largest absolute Gasteiger partial charge is 0.484 e. The normalized spacial score (nSPS) is 10.3. The summed E-state index contributed by atoms with van der Waals surface area (Å²) in [5.74, 6) is 0.511. The summed E-state index contributed by atoms with van der Waals surface area (Å²) in [5.41, 5.74) is 1.08. The van der Waals surface area contributed by atoms with E-state index in [0.717, 1.165) is 5.56 Å². The summed E-state index contributed by atoms with van der Waals surface area (Å²) in [6.45, 7) is 3.04. The van der Waals surface area contributed by atoms with E-state index in [2.05, 4.69) is 0 Å². The SMILES string of the molecule is COCCN(CCO)C(=O)COc1cccc(C)c1. The summed E-state index contributed by atoms with van der Waals surface area (Å²) < 4.78 is 10.4. The first kappa shape index (κ1) is 15.5. The Morgan fingerprint density at radius 2 is 2.16 bits per heavy atom. The molecule has 5 nitrogen and oxygen atoms in total. The van der Waals surface area contributed by atoms with Crippen LogP contribution in [0.1, 0.15) is 5.56 Å². The Hall–Kier alpha value is -1.59. The highest BCUT2D eigenvalue weighted by Gasteiger charge is 2.13. The second-order valence-corrected chi connectivity index (χ2v) is 4.20. The summed E-state index contributed by atoms with van der Waals surface area (Å²) >= 11 is 0. The van der Waals surface area contributed by atoms with Crippen molar-refractivity contribution in [3.8, 4) is 5.75 Å². The van der Waals surface area contributed by atoms with Crippen molar-refractivity contribution in [2.45, 2.75) is 6.92 Å². The van der Waals surface area contributed by atoms with Gasteiger partial charge in [-0.05, 0) is 24.6 Å². The molecule has 0 fully saturated rings. The monoisotopic (exact) mass is 267 g/mol. The van der Waals surface area contributed by atoms with Crippen molar-refractivity contribution in [3.63, 3.8) is 0 Å². The lowest BCUT2D eigenvalue weighted by molar-refractivity contribution is -0.134. The van der Waals surface area contributed by atoms with Gasteiger partial charge in [-0.3, -0.25) is 4.79 Å². The van der Waals surface area contributed by atoms with Crippen LogP contribution in [-0.2, 0) is 9.53 Å². The molecule has 1 amide bonds. The Balaban J connectivity index is 2.47. The fourth-order valence-corrected chi connectivity index (χ4v) is 1.62. The van der Waals surface area contributed by atoms with E-state index in [1.165, 1.54) is 4.90 Å². The number of methoxy groups -OCH3 is 1. The Labute approximate surface area is 113 Å². The van der Waals surface area contributed by atoms with Crippen molar-refractivity contribution in [3.05, 3.63) is 29.8 Å². The van der Waals surface area contributed by atoms with E-state index in [4.69, 9.17) is 14.6 Å². The van der Waals surface area contributed by atoms with Gasteiger partial charge in [0, 0.05) is 20.2 Å². The Morgan fingerprint density at radius 3 is 2.79 bits per heavy atom. The molecule has 1 rings (SSSR count). The zero-order chi connectivity index (χ0) is 14.1. The van der Waals surface area contributed by atoms with Gasteiger partial charge in [0.15, 0.2) is 6.61 Å². The maximum absolute atomic E-state index is 11.9. The van der Waals surface area contributed by atoms with E-state index in [-0.39, 0.29) is 19.1 Å². The molecule has 0 radical (unpaired) electrons. The molecule has 0 saturated carbocycles. The average molecular weight is 267 g/mol. The van der Waals surface area contributed by atoms with Crippen LogP contribution in [0.5, 0.6) is 5.75 Å². The molecule has 1 aromatic carbocycles. The van der Waals surface area contributed by atoms with Gasteiger partial charge in [-0.25, -0.2) is 0 Å². The minimum absolute atomic E-state index is 0.0346. The second-order valence-electron chi connectivity index (χ2n) is 4.20. The smallest absolute Gasteiger partial charge is 0.260 e. The predicted molar refractivity (Wildman–Crippen MR) is 72.2 cm³/mol. The first-order valence-corrected chi connectivity index (χ1v) is 6.24. The molecule has 0 aromatic heterocycles. The zero-order valence-corrected chi connectivity index (χ0v) is 11.5. The van der Waals surface area contributed by atoms with Crippen LogP contribution in [-0.4, -0.2) is 55.9 Å². The summed E-state index contributed by atoms with van der Waals surface area (Å²) in [6, 6.07) is 7.53. The molecule has 0 aliphatic carbocycles. The first-order valence-electron chi connectivity index (χ1n) is 6.24. The number of ether oxygens (including phenoxy) is 2. The quantitative estimate of drug-likeness (QED) is 0.758. The van der Waals surface area contributed by atoms with Gasteiger partial charge < -0.3 is 19.5 Å². The number of nitrogens with zero attached hydrogens (tertiary/aromatic N) is 1. The molecule has 5 heteroatoms. The molecule has 1 N–H and O–H groups in total. The van der Waals surface area contributed by atoms with Crippen molar-refractivity contribution >= 4 is 5.91 Å². The molecule has 0 unspecified atom stereocenters. The van der Waals surface area contributed by atoms with Gasteiger partial charge in [-0.15, -0.1) is 0 Å². The molecule has 0 saturated heterocycles. The predicted octanol–water partition coefficient (Wildman–Crippen LogP) is 0.841. The van der Waals surface area contributed by atoms with Gasteiger partial charge in [0.25, 0.3) is 5.91 Å². The second kappa shape index (κ2) is 8.50. The lowest BCUT2D eigenvalue weighted by Crippen LogP contribution is -2.39. The molecule has 1 aromatic rings. The highest BCUT2D eigenvalue weighted by Crippen LogP contribution is 2.12. The molecular formula is C14H21NO4. The van der Waals surface area contributed by atoms with E-state index < -0.39 is 0 Å². The van der Waals surface area contributed by atoms with Crippen molar-refractivity contribution in [2.75, 3.05) is 40.0 Å². The van der Waals surface area contributed by atoms with Gasteiger partial charge in [-0.2, -0.15) is 0 Å². The third-order valence-electron chi connectivity index (χ3n) is 2.64. The summed E-state index contributed by atoms with van der Waals surface area (Å²) in [5, 5.41) is 8.93. The van der Waals surface area contributed by atoms with Gasteiger partial charge in [0.2, 0.25) is 0 Å². The Bertz CT molecular complexity index is 395. The number of hydrogen-bond acceptors (Lipinski definition) is 4. The third-order valence-corrected chi connectivity index (χ3v) is 2.64. The fourth-order valence-electron chi connectivity index (χ4n) is 1.62. The number of rotatable bonds is 8. The summed E-state index contributed by atoms with van der Waals surface area (Å²) in [4.78, 5) is 13.5. The standard InChI is InChI=1S/C14H21NO4/c1-12-4-3-5-13(10-12)19-11-14(17)15(6-8-16)7-9-18-2/h3-5,10,16H,6-9,11H2,1-2H3. The highest BCUT2D eigenvalue weighted by atomic mass is 16.5. The Kier molecular flexibility index (Phi) is 6.92. The van der Waals surface area contributed by atoms with Crippen LogP contribution in [0.4, 0.5) is 0 Å². The molecule has 0 aliphatic rings. The van der Waals surface area contributed by atoms with Crippen LogP contribution in [0.3, 0.4) is 0 Å². The molecule has 0 heterocycles. The minimum Gasteiger partial charge on any atom is -0.484 e. The zero-order valence-electron chi connectivity index (χ0n) is 11.5. The van der Waals surface area contributed by atoms with E-state index in [9.17, 15) is 4.79 Å². The van der Waals surface area contributed by atoms with Crippen LogP contribution < -0.4 is 4.74 Å². The van der Waals surface area contributed by atoms with Gasteiger partial charge >= 0.3 is 0 Å². The highest BCUT2D eigenvalue weighted by molar-refractivity contribution is 5.77. The van der Waals surface area contributed by atoms with Gasteiger partial charge in [0.05, 0.1) is 13.2 Å². The molecule has 0 aliphatic heterocycles. The van der Waals surface area contributed by atoms with Crippen molar-refractivity contribution in [1.29, 1.82) is 0 Å². The lowest BCUT2D eigenvalue weighted by Gasteiger charge is -2.21. The van der Waals surface area contributed by atoms with Crippen LogP contribution >= 0.6 is 0 Å². The van der Waals surface area contributed by atoms with E-state index in [1.54, 1.807) is 7.11 Å². The number of aliphatic hydroxyl groups is 1. The number of aryl methyl sites for hydroxylation is 1. The number of carbonyl (C=O) groups excluding carboxylic acids is 1. The van der Waals surface area contributed by atoms with Crippen molar-refractivity contribution in [1.82, 2.24) is 4.90 Å². The maximum Gasteiger partial charge on any atom is 0.260 e. The lowest BCUT2D eigenvalue weighted by atomic mass is 10.2. The fraction of sp³-hybridized carbons (Fsp3) is 0.500. The Morgan fingerprint density at radius 1 is 1.37 bits per heavy atom. The van der Waals surface area contributed by atoms with Crippen molar-refractivity contribution < 1.29 is 19.4 Å².